The van der Waals surface area contributed by atoms with Gasteiger partial charge in [0.05, 0.1) is 19.6 Å². The number of morpholine rings is 1. The molecule has 4 nitrogen and oxygen atoms in total. The van der Waals surface area contributed by atoms with Crippen molar-refractivity contribution in [3.63, 3.8) is 0 Å². The van der Waals surface area contributed by atoms with Crippen LogP contribution >= 0.6 is 11.8 Å². The van der Waals surface area contributed by atoms with Gasteiger partial charge in [-0.05, 0) is 35.8 Å². The van der Waals surface area contributed by atoms with Gasteiger partial charge in [-0.15, -0.1) is 11.8 Å². The number of thioether (sulfide) groups is 1. The highest BCUT2D eigenvalue weighted by atomic mass is 32.2. The molecule has 0 aromatic heterocycles. The van der Waals surface area contributed by atoms with Gasteiger partial charge in [-0.2, -0.15) is 0 Å². The summed E-state index contributed by atoms with van der Waals surface area (Å²) in [6.45, 7) is 10.9. The van der Waals surface area contributed by atoms with Crippen LogP contribution in [-0.2, 0) is 25.4 Å². The number of esters is 1. The van der Waals surface area contributed by atoms with Gasteiger partial charge < -0.3 is 9.47 Å². The molecule has 3 rings (SSSR count). The Morgan fingerprint density at radius 1 is 1.14 bits per heavy atom. The van der Waals surface area contributed by atoms with Gasteiger partial charge in [-0.1, -0.05) is 51.5 Å². The van der Waals surface area contributed by atoms with E-state index in [9.17, 15) is 4.79 Å². The Kier molecular flexibility index (Phi) is 8.45. The molecule has 0 amide bonds. The molecule has 29 heavy (non-hydrogen) atoms. The van der Waals surface area contributed by atoms with E-state index in [4.69, 9.17) is 9.47 Å². The molecule has 0 bridgehead atoms. The molecule has 0 unspecified atom stereocenters. The predicted octanol–water partition coefficient (Wildman–Crippen LogP) is 4.79. The Bertz CT molecular complexity index is 635. The Labute approximate surface area is 180 Å². The lowest BCUT2D eigenvalue weighted by Gasteiger charge is -2.31. The van der Waals surface area contributed by atoms with Gasteiger partial charge in [-0.25, -0.2) is 0 Å². The molecular weight excluding hydrogens is 382 g/mol. The van der Waals surface area contributed by atoms with Crippen molar-refractivity contribution in [1.82, 2.24) is 4.90 Å². The number of rotatable bonds is 7. The fraction of sp³-hybridized carbons (Fsp3) is 0.708. The highest BCUT2D eigenvalue weighted by molar-refractivity contribution is 7.99. The zero-order chi connectivity index (χ0) is 20.7. The SMILES string of the molecule is CC(C)(C)c1ccc(CS[C@@H]2CCCC[C@H]2OC(=O)CCN2CCOCC2)cc1. The molecule has 5 heteroatoms. The summed E-state index contributed by atoms with van der Waals surface area (Å²) in [5.41, 5.74) is 2.91. The number of ether oxygens (including phenoxy) is 2. The second kappa shape index (κ2) is 10.8. The van der Waals surface area contributed by atoms with Crippen LogP contribution in [0.2, 0.25) is 0 Å². The molecule has 2 fully saturated rings. The standard InChI is InChI=1S/C24H37NO3S/c1-24(2,3)20-10-8-19(9-11-20)18-29-22-7-5-4-6-21(22)28-23(26)12-13-25-14-16-27-17-15-25/h8-11,21-22H,4-7,12-18H2,1-3H3/t21-,22-/m1/s1. The number of nitrogens with zero attached hydrogens (tertiary/aromatic N) is 1. The van der Waals surface area contributed by atoms with Gasteiger partial charge in [0.25, 0.3) is 0 Å². The average molecular weight is 420 g/mol. The first kappa shape index (κ1) is 22.6. The molecule has 0 spiro atoms. The molecule has 0 N–H and O–H groups in total. The van der Waals surface area contributed by atoms with E-state index in [2.05, 4.69) is 49.9 Å². The van der Waals surface area contributed by atoms with Crippen molar-refractivity contribution >= 4 is 17.7 Å². The first-order chi connectivity index (χ1) is 13.9. The van der Waals surface area contributed by atoms with E-state index in [-0.39, 0.29) is 17.5 Å². The van der Waals surface area contributed by atoms with E-state index >= 15 is 0 Å². The van der Waals surface area contributed by atoms with Gasteiger partial charge in [-0.3, -0.25) is 9.69 Å². The lowest BCUT2D eigenvalue weighted by atomic mass is 9.87. The molecule has 1 aliphatic heterocycles. The van der Waals surface area contributed by atoms with Crippen molar-refractivity contribution in [3.05, 3.63) is 35.4 Å². The quantitative estimate of drug-likeness (QED) is 0.594. The largest absolute Gasteiger partial charge is 0.461 e. The normalized spacial score (nSPS) is 23.7. The van der Waals surface area contributed by atoms with Gasteiger partial charge >= 0.3 is 5.97 Å². The highest BCUT2D eigenvalue weighted by Gasteiger charge is 2.29. The topological polar surface area (TPSA) is 38.8 Å². The molecule has 1 aromatic carbocycles. The third kappa shape index (κ3) is 7.30. The molecule has 1 aliphatic carbocycles. The van der Waals surface area contributed by atoms with Crippen molar-refractivity contribution in [3.8, 4) is 0 Å². The third-order valence-electron chi connectivity index (χ3n) is 5.94. The molecule has 1 heterocycles. The first-order valence-electron chi connectivity index (χ1n) is 11.1. The molecule has 1 aromatic rings. The lowest BCUT2D eigenvalue weighted by Crippen LogP contribution is -2.38. The van der Waals surface area contributed by atoms with E-state index in [0.29, 0.717) is 11.7 Å². The van der Waals surface area contributed by atoms with Crippen LogP contribution in [0.1, 0.15) is 64.0 Å². The summed E-state index contributed by atoms with van der Waals surface area (Å²) in [5, 5.41) is 0.415. The maximum Gasteiger partial charge on any atom is 0.307 e. The zero-order valence-electron chi connectivity index (χ0n) is 18.3. The summed E-state index contributed by atoms with van der Waals surface area (Å²) >= 11 is 1.96. The van der Waals surface area contributed by atoms with Crippen LogP contribution in [0.15, 0.2) is 24.3 Å². The minimum absolute atomic E-state index is 0.0384. The van der Waals surface area contributed by atoms with Crippen LogP contribution in [0.4, 0.5) is 0 Å². The van der Waals surface area contributed by atoms with Crippen LogP contribution in [0.3, 0.4) is 0 Å². The lowest BCUT2D eigenvalue weighted by molar-refractivity contribution is -0.150. The van der Waals surface area contributed by atoms with Crippen LogP contribution in [-0.4, -0.2) is 55.1 Å². The maximum atomic E-state index is 12.4. The second-order valence-electron chi connectivity index (χ2n) is 9.31. The first-order valence-corrected chi connectivity index (χ1v) is 12.2. The van der Waals surface area contributed by atoms with E-state index in [1.54, 1.807) is 0 Å². The van der Waals surface area contributed by atoms with E-state index in [1.165, 1.54) is 24.0 Å². The van der Waals surface area contributed by atoms with Crippen LogP contribution in [0, 0.1) is 0 Å². The Morgan fingerprint density at radius 3 is 2.52 bits per heavy atom. The Morgan fingerprint density at radius 2 is 1.83 bits per heavy atom. The molecule has 2 atom stereocenters. The summed E-state index contributed by atoms with van der Waals surface area (Å²) in [6.07, 6.45) is 5.11. The van der Waals surface area contributed by atoms with Crippen molar-refractivity contribution < 1.29 is 14.3 Å². The van der Waals surface area contributed by atoms with E-state index < -0.39 is 0 Å². The van der Waals surface area contributed by atoms with Gasteiger partial charge in [0.2, 0.25) is 0 Å². The predicted molar refractivity (Wildman–Crippen MR) is 120 cm³/mol. The van der Waals surface area contributed by atoms with Crippen molar-refractivity contribution in [2.45, 2.75) is 75.4 Å². The van der Waals surface area contributed by atoms with Crippen molar-refractivity contribution in [2.75, 3.05) is 32.8 Å². The smallest absolute Gasteiger partial charge is 0.307 e. The summed E-state index contributed by atoms with van der Waals surface area (Å²) in [5.74, 6) is 0.945. The van der Waals surface area contributed by atoms with Crippen LogP contribution in [0.5, 0.6) is 0 Å². The zero-order valence-corrected chi connectivity index (χ0v) is 19.1. The maximum absolute atomic E-state index is 12.4. The Balaban J connectivity index is 1.45. The summed E-state index contributed by atoms with van der Waals surface area (Å²) in [7, 11) is 0. The number of benzene rings is 1. The molecule has 1 saturated carbocycles. The monoisotopic (exact) mass is 419 g/mol. The highest BCUT2D eigenvalue weighted by Crippen LogP contribution is 2.33. The number of hydrogen-bond acceptors (Lipinski definition) is 5. The van der Waals surface area contributed by atoms with Gasteiger partial charge in [0, 0.05) is 30.6 Å². The van der Waals surface area contributed by atoms with Crippen LogP contribution in [0.25, 0.3) is 0 Å². The molecule has 2 aliphatic rings. The van der Waals surface area contributed by atoms with Crippen LogP contribution < -0.4 is 0 Å². The van der Waals surface area contributed by atoms with Crippen molar-refractivity contribution in [1.29, 1.82) is 0 Å². The average Bonchev–Trinajstić information content (AvgIpc) is 2.72. The second-order valence-corrected chi connectivity index (χ2v) is 10.5. The molecule has 0 radical (unpaired) electrons. The minimum Gasteiger partial charge on any atom is -0.461 e. The van der Waals surface area contributed by atoms with Gasteiger partial charge in [0.15, 0.2) is 0 Å². The molecule has 1 saturated heterocycles. The fourth-order valence-corrected chi connectivity index (χ4v) is 5.33. The van der Waals surface area contributed by atoms with E-state index in [0.717, 1.165) is 51.4 Å². The van der Waals surface area contributed by atoms with Crippen molar-refractivity contribution in [2.24, 2.45) is 0 Å². The van der Waals surface area contributed by atoms with E-state index in [1.807, 2.05) is 11.8 Å². The molecule has 162 valence electrons. The Hall–Kier alpha value is -1.04. The molecular formula is C24H37NO3S. The summed E-state index contributed by atoms with van der Waals surface area (Å²) in [6, 6.07) is 9.00. The number of hydrogen-bond donors (Lipinski definition) is 0. The number of carbonyl (C=O) groups is 1. The van der Waals surface area contributed by atoms with Gasteiger partial charge in [0.1, 0.15) is 6.10 Å². The summed E-state index contributed by atoms with van der Waals surface area (Å²) < 4.78 is 11.3. The minimum atomic E-state index is -0.0384. The summed E-state index contributed by atoms with van der Waals surface area (Å²) in [4.78, 5) is 14.7. The third-order valence-corrected chi connectivity index (χ3v) is 7.41. The fourth-order valence-electron chi connectivity index (χ4n) is 3.99. The number of carbonyl (C=O) groups excluding carboxylic acids is 1.